The molecule has 0 spiro atoms. The highest BCUT2D eigenvalue weighted by Gasteiger charge is 2.29. The molecule has 0 aliphatic carbocycles. The Morgan fingerprint density at radius 1 is 1.22 bits per heavy atom. The van der Waals surface area contributed by atoms with Gasteiger partial charge in [0.25, 0.3) is 0 Å². The second-order valence-corrected chi connectivity index (χ2v) is 7.98. The zero-order valence-electron chi connectivity index (χ0n) is 14.8. The number of anilines is 1. The van der Waals surface area contributed by atoms with Crippen LogP contribution in [0.5, 0.6) is 11.5 Å². The van der Waals surface area contributed by atoms with Crippen molar-refractivity contribution >= 4 is 21.6 Å². The van der Waals surface area contributed by atoms with Crippen LogP contribution in [-0.2, 0) is 21.4 Å². The number of hydrogen-bond donors (Lipinski definition) is 1. The van der Waals surface area contributed by atoms with Crippen molar-refractivity contribution in [1.82, 2.24) is 5.32 Å². The number of amides is 1. The molecule has 0 aromatic heterocycles. The second kappa shape index (κ2) is 7.43. The molecule has 27 heavy (non-hydrogen) atoms. The smallest absolute Gasteiger partial charge is 0.243 e. The molecule has 144 valence electrons. The van der Waals surface area contributed by atoms with Crippen LogP contribution in [0.15, 0.2) is 42.5 Å². The van der Waals surface area contributed by atoms with Crippen molar-refractivity contribution in [2.75, 3.05) is 17.4 Å². The molecular formula is C18H19FN2O5S. The molecule has 0 fully saturated rings. The first-order chi connectivity index (χ1) is 12.8. The molecule has 2 aromatic rings. The summed E-state index contributed by atoms with van der Waals surface area (Å²) in [7, 11) is -3.80. The molecule has 9 heteroatoms. The first-order valence-corrected chi connectivity index (χ1v) is 10.0. The van der Waals surface area contributed by atoms with Crippen molar-refractivity contribution < 1.29 is 27.1 Å². The van der Waals surface area contributed by atoms with Gasteiger partial charge in [0.2, 0.25) is 22.7 Å². The third kappa shape index (κ3) is 4.30. The van der Waals surface area contributed by atoms with E-state index in [2.05, 4.69) is 5.32 Å². The maximum Gasteiger partial charge on any atom is 0.243 e. The van der Waals surface area contributed by atoms with Gasteiger partial charge in [-0.2, -0.15) is 0 Å². The first kappa shape index (κ1) is 19.0. The summed E-state index contributed by atoms with van der Waals surface area (Å²) in [5, 5.41) is 2.69. The van der Waals surface area contributed by atoms with E-state index in [1.165, 1.54) is 25.1 Å². The van der Waals surface area contributed by atoms with E-state index in [0.717, 1.165) is 22.2 Å². The summed E-state index contributed by atoms with van der Waals surface area (Å²) in [6.45, 7) is 1.78. The fraction of sp³-hybridized carbons (Fsp3) is 0.278. The molecule has 0 unspecified atom stereocenters. The Morgan fingerprint density at radius 2 is 1.96 bits per heavy atom. The lowest BCUT2D eigenvalue weighted by Gasteiger charge is -2.28. The normalized spacial score (nSPS) is 13.9. The van der Waals surface area contributed by atoms with Crippen molar-refractivity contribution in [3.8, 4) is 11.5 Å². The lowest BCUT2D eigenvalue weighted by molar-refractivity contribution is -0.122. The van der Waals surface area contributed by atoms with Gasteiger partial charge in [-0.15, -0.1) is 0 Å². The number of nitrogens with one attached hydrogen (secondary N) is 1. The number of hydrogen-bond acceptors (Lipinski definition) is 5. The van der Waals surface area contributed by atoms with E-state index in [0.29, 0.717) is 11.5 Å². The number of carbonyl (C=O) groups excluding carboxylic acids is 1. The van der Waals surface area contributed by atoms with E-state index < -0.39 is 27.8 Å². The zero-order chi connectivity index (χ0) is 19.6. The van der Waals surface area contributed by atoms with E-state index >= 15 is 0 Å². The fourth-order valence-corrected chi connectivity index (χ4v) is 3.98. The van der Waals surface area contributed by atoms with E-state index in [1.54, 1.807) is 18.2 Å². The van der Waals surface area contributed by atoms with Gasteiger partial charge in [0.05, 0.1) is 11.9 Å². The van der Waals surface area contributed by atoms with Crippen molar-refractivity contribution in [3.05, 3.63) is 53.8 Å². The topological polar surface area (TPSA) is 84.9 Å². The van der Waals surface area contributed by atoms with Gasteiger partial charge >= 0.3 is 0 Å². The predicted molar refractivity (Wildman–Crippen MR) is 97.6 cm³/mol. The average Bonchev–Trinajstić information content (AvgIpc) is 3.06. The van der Waals surface area contributed by atoms with Crippen LogP contribution in [0.3, 0.4) is 0 Å². The molecule has 0 saturated heterocycles. The van der Waals surface area contributed by atoms with Gasteiger partial charge in [0.1, 0.15) is 11.9 Å². The minimum atomic E-state index is -3.80. The van der Waals surface area contributed by atoms with Crippen LogP contribution < -0.4 is 19.1 Å². The molecule has 1 aliphatic rings. The van der Waals surface area contributed by atoms with Gasteiger partial charge < -0.3 is 14.8 Å². The Labute approximate surface area is 156 Å². The number of rotatable bonds is 6. The molecule has 1 aliphatic heterocycles. The summed E-state index contributed by atoms with van der Waals surface area (Å²) >= 11 is 0. The van der Waals surface area contributed by atoms with E-state index in [1.807, 2.05) is 0 Å². The van der Waals surface area contributed by atoms with Crippen LogP contribution in [0.4, 0.5) is 10.1 Å². The molecular weight excluding hydrogens is 375 g/mol. The first-order valence-electron chi connectivity index (χ1n) is 8.17. The van der Waals surface area contributed by atoms with Gasteiger partial charge in [-0.05, 0) is 42.8 Å². The van der Waals surface area contributed by atoms with E-state index in [-0.39, 0.29) is 19.0 Å². The van der Waals surface area contributed by atoms with Crippen LogP contribution >= 0.6 is 0 Å². The number of halogens is 1. The molecule has 1 heterocycles. The molecule has 1 amide bonds. The number of nitrogens with zero attached hydrogens (tertiary/aromatic N) is 1. The third-order valence-corrected chi connectivity index (χ3v) is 5.30. The largest absolute Gasteiger partial charge is 0.454 e. The summed E-state index contributed by atoms with van der Waals surface area (Å²) < 4.78 is 49.3. The standard InChI is InChI=1S/C18H19FN2O5S/c1-12(21(27(2,23)24)15-5-3-4-14(19)9-15)18(22)20-10-13-6-7-16-17(8-13)26-11-25-16/h3-9,12H,10-11H2,1-2H3,(H,20,22)/t12-/m1/s1. The minimum absolute atomic E-state index is 0.0863. The molecule has 0 bridgehead atoms. The summed E-state index contributed by atoms with van der Waals surface area (Å²) in [6, 6.07) is 9.30. The number of carbonyl (C=O) groups is 1. The molecule has 2 aromatic carbocycles. The summed E-state index contributed by atoms with van der Waals surface area (Å²) in [4.78, 5) is 12.5. The van der Waals surface area contributed by atoms with Gasteiger partial charge in [-0.1, -0.05) is 12.1 Å². The van der Waals surface area contributed by atoms with Crippen molar-refractivity contribution in [2.24, 2.45) is 0 Å². The monoisotopic (exact) mass is 394 g/mol. The second-order valence-electron chi connectivity index (χ2n) is 6.12. The Kier molecular flexibility index (Phi) is 5.22. The van der Waals surface area contributed by atoms with E-state index in [9.17, 15) is 17.6 Å². The Balaban J connectivity index is 1.74. The minimum Gasteiger partial charge on any atom is -0.454 e. The SMILES string of the molecule is C[C@H](C(=O)NCc1ccc2c(c1)OCO2)N(c1cccc(F)c1)S(C)(=O)=O. The highest BCUT2D eigenvalue weighted by molar-refractivity contribution is 7.92. The Morgan fingerprint density at radius 3 is 2.67 bits per heavy atom. The van der Waals surface area contributed by atoms with Gasteiger partial charge in [-0.25, -0.2) is 12.8 Å². The van der Waals surface area contributed by atoms with Crippen molar-refractivity contribution in [3.63, 3.8) is 0 Å². The third-order valence-electron chi connectivity index (χ3n) is 4.05. The van der Waals surface area contributed by atoms with Crippen LogP contribution in [0.25, 0.3) is 0 Å². The molecule has 7 nitrogen and oxygen atoms in total. The predicted octanol–water partition coefficient (Wildman–Crippen LogP) is 2.03. The number of ether oxygens (including phenoxy) is 2. The lowest BCUT2D eigenvalue weighted by Crippen LogP contribution is -2.47. The average molecular weight is 394 g/mol. The maximum atomic E-state index is 13.5. The number of sulfonamides is 1. The Hall–Kier alpha value is -2.81. The molecule has 1 N–H and O–H groups in total. The van der Waals surface area contributed by atoms with Gasteiger partial charge in [-0.3, -0.25) is 9.10 Å². The van der Waals surface area contributed by atoms with Gasteiger partial charge in [0, 0.05) is 6.54 Å². The van der Waals surface area contributed by atoms with Crippen LogP contribution in [-0.4, -0.2) is 33.4 Å². The van der Waals surface area contributed by atoms with Crippen molar-refractivity contribution in [2.45, 2.75) is 19.5 Å². The maximum absolute atomic E-state index is 13.5. The molecule has 1 atom stereocenters. The zero-order valence-corrected chi connectivity index (χ0v) is 15.6. The lowest BCUT2D eigenvalue weighted by atomic mass is 10.2. The van der Waals surface area contributed by atoms with E-state index in [4.69, 9.17) is 9.47 Å². The molecule has 0 saturated carbocycles. The van der Waals surface area contributed by atoms with Crippen LogP contribution in [0.1, 0.15) is 12.5 Å². The van der Waals surface area contributed by atoms with Gasteiger partial charge in [0.15, 0.2) is 11.5 Å². The highest BCUT2D eigenvalue weighted by atomic mass is 32.2. The fourth-order valence-electron chi connectivity index (χ4n) is 2.81. The number of fused-ring (bicyclic) bond motifs is 1. The summed E-state index contributed by atoms with van der Waals surface area (Å²) in [5.74, 6) is 0.122. The summed E-state index contributed by atoms with van der Waals surface area (Å²) in [5.41, 5.74) is 0.861. The Bertz CT molecular complexity index is 964. The van der Waals surface area contributed by atoms with Crippen LogP contribution in [0, 0.1) is 5.82 Å². The summed E-state index contributed by atoms with van der Waals surface area (Å²) in [6.07, 6.45) is 0.972. The van der Waals surface area contributed by atoms with Crippen LogP contribution in [0.2, 0.25) is 0 Å². The molecule has 3 rings (SSSR count). The van der Waals surface area contributed by atoms with Crippen molar-refractivity contribution in [1.29, 1.82) is 0 Å². The highest BCUT2D eigenvalue weighted by Crippen LogP contribution is 2.32. The number of benzene rings is 2. The quantitative estimate of drug-likeness (QED) is 0.810. The molecule has 0 radical (unpaired) electrons.